The smallest absolute Gasteiger partial charge is 0.240 e. The predicted molar refractivity (Wildman–Crippen MR) is 74.3 cm³/mol. The van der Waals surface area contributed by atoms with E-state index in [-0.39, 0.29) is 12.3 Å². The molecule has 1 heterocycles. The van der Waals surface area contributed by atoms with E-state index in [9.17, 15) is 9.59 Å². The van der Waals surface area contributed by atoms with E-state index in [0.717, 1.165) is 12.8 Å². The number of H-pyrrole nitrogens is 1. The maximum absolute atomic E-state index is 11.9. The molecule has 1 rings (SSSR count). The lowest BCUT2D eigenvalue weighted by Gasteiger charge is -2.18. The van der Waals surface area contributed by atoms with Gasteiger partial charge in [0.25, 0.3) is 0 Å². The number of hydrogen-bond acceptors (Lipinski definition) is 5. The van der Waals surface area contributed by atoms with Crippen LogP contribution < -0.4 is 22.5 Å². The van der Waals surface area contributed by atoms with Crippen molar-refractivity contribution < 1.29 is 9.59 Å². The van der Waals surface area contributed by atoms with Crippen molar-refractivity contribution in [2.45, 2.75) is 37.8 Å². The van der Waals surface area contributed by atoms with Crippen LogP contribution >= 0.6 is 0 Å². The van der Waals surface area contributed by atoms with E-state index in [1.54, 1.807) is 6.20 Å². The third-order valence-electron chi connectivity index (χ3n) is 2.94. The van der Waals surface area contributed by atoms with Crippen molar-refractivity contribution in [3.8, 4) is 0 Å². The van der Waals surface area contributed by atoms with Gasteiger partial charge in [-0.25, -0.2) is 4.98 Å². The quantitative estimate of drug-likeness (QED) is 0.344. The number of aromatic amines is 1. The number of nitrogens with two attached hydrogens (primary N) is 3. The van der Waals surface area contributed by atoms with Gasteiger partial charge in [0.2, 0.25) is 11.8 Å². The number of aromatic nitrogens is 2. The van der Waals surface area contributed by atoms with Crippen molar-refractivity contribution in [3.63, 3.8) is 0 Å². The van der Waals surface area contributed by atoms with Gasteiger partial charge in [-0.2, -0.15) is 0 Å². The van der Waals surface area contributed by atoms with E-state index >= 15 is 0 Å². The highest BCUT2D eigenvalue weighted by Gasteiger charge is 2.22. The molecule has 1 aromatic heterocycles. The molecule has 8 N–H and O–H groups in total. The summed E-state index contributed by atoms with van der Waals surface area (Å²) in [6.45, 7) is 0.568. The summed E-state index contributed by atoms with van der Waals surface area (Å²) < 4.78 is 0. The highest BCUT2D eigenvalue weighted by Crippen LogP contribution is 2.01. The number of primary amides is 1. The van der Waals surface area contributed by atoms with Crippen LogP contribution in [0.15, 0.2) is 12.5 Å². The maximum Gasteiger partial charge on any atom is 0.240 e. The fourth-order valence-electron chi connectivity index (χ4n) is 1.76. The molecule has 112 valence electrons. The second kappa shape index (κ2) is 8.28. The highest BCUT2D eigenvalue weighted by molar-refractivity contribution is 5.89. The number of amides is 2. The van der Waals surface area contributed by atoms with Gasteiger partial charge in [-0.15, -0.1) is 0 Å². The second-order valence-electron chi connectivity index (χ2n) is 4.64. The van der Waals surface area contributed by atoms with Crippen LogP contribution in [0.4, 0.5) is 0 Å². The lowest BCUT2D eigenvalue weighted by atomic mass is 10.1. The van der Waals surface area contributed by atoms with Crippen LogP contribution in [0, 0.1) is 0 Å². The third kappa shape index (κ3) is 5.37. The zero-order valence-corrected chi connectivity index (χ0v) is 11.3. The minimum atomic E-state index is -0.802. The van der Waals surface area contributed by atoms with Crippen molar-refractivity contribution in [1.82, 2.24) is 15.3 Å². The Morgan fingerprint density at radius 2 is 2.15 bits per heavy atom. The number of rotatable bonds is 9. The Balaban J connectivity index is 2.48. The molecular weight excluding hydrogens is 260 g/mol. The monoisotopic (exact) mass is 282 g/mol. The summed E-state index contributed by atoms with van der Waals surface area (Å²) in [6.07, 6.45) is 5.44. The Morgan fingerprint density at radius 1 is 1.40 bits per heavy atom. The summed E-state index contributed by atoms with van der Waals surface area (Å²) in [5, 5.41) is 2.56. The van der Waals surface area contributed by atoms with E-state index in [0.29, 0.717) is 18.7 Å². The van der Waals surface area contributed by atoms with Crippen molar-refractivity contribution >= 4 is 11.8 Å². The molecule has 1 aromatic rings. The lowest BCUT2D eigenvalue weighted by Crippen LogP contribution is -2.51. The van der Waals surface area contributed by atoms with Gasteiger partial charge in [0, 0.05) is 18.3 Å². The van der Waals surface area contributed by atoms with E-state index < -0.39 is 18.0 Å². The van der Waals surface area contributed by atoms with Crippen LogP contribution in [0.2, 0.25) is 0 Å². The minimum absolute atomic E-state index is 0.261. The van der Waals surface area contributed by atoms with Gasteiger partial charge in [0.15, 0.2) is 0 Å². The van der Waals surface area contributed by atoms with Gasteiger partial charge >= 0.3 is 0 Å². The van der Waals surface area contributed by atoms with Crippen LogP contribution in [0.3, 0.4) is 0 Å². The largest absolute Gasteiger partial charge is 0.368 e. The summed E-state index contributed by atoms with van der Waals surface area (Å²) in [4.78, 5) is 29.9. The highest BCUT2D eigenvalue weighted by atomic mass is 16.2. The molecule has 0 saturated carbocycles. The first-order valence-corrected chi connectivity index (χ1v) is 6.57. The fraction of sp³-hybridized carbons (Fsp3) is 0.583. The van der Waals surface area contributed by atoms with E-state index in [2.05, 4.69) is 15.3 Å². The molecule has 0 radical (unpaired) electrons. The van der Waals surface area contributed by atoms with Crippen LogP contribution in [0.25, 0.3) is 0 Å². The van der Waals surface area contributed by atoms with Crippen LogP contribution in [-0.4, -0.2) is 40.4 Å². The molecule has 0 bridgehead atoms. The Labute approximate surface area is 117 Å². The number of nitrogens with one attached hydrogen (secondary N) is 2. The first-order chi connectivity index (χ1) is 9.54. The SMILES string of the molecule is NCCCC[C@H](N)C(=O)N[C@H](Cc1cnc[nH]1)C(N)=O. The standard InChI is InChI=1S/C12H22N6O2/c13-4-2-1-3-9(14)12(20)18-10(11(15)19)5-8-6-16-7-17-8/h6-7,9-10H,1-5,13-14H2,(H2,15,19)(H,16,17)(H,18,20)/t9-,10+/m0/s1. The molecule has 0 aliphatic carbocycles. The Morgan fingerprint density at radius 3 is 2.70 bits per heavy atom. The number of nitrogens with zero attached hydrogens (tertiary/aromatic N) is 1. The molecule has 0 saturated heterocycles. The van der Waals surface area contributed by atoms with Gasteiger partial charge in [-0.05, 0) is 19.4 Å². The molecule has 0 spiro atoms. The van der Waals surface area contributed by atoms with E-state index in [1.165, 1.54) is 6.33 Å². The van der Waals surface area contributed by atoms with Gasteiger partial charge in [-0.3, -0.25) is 9.59 Å². The Kier molecular flexibility index (Phi) is 6.68. The molecule has 2 amide bonds. The molecule has 0 aromatic carbocycles. The molecule has 0 fully saturated rings. The molecule has 20 heavy (non-hydrogen) atoms. The summed E-state index contributed by atoms with van der Waals surface area (Å²) in [7, 11) is 0. The number of imidazole rings is 1. The fourth-order valence-corrected chi connectivity index (χ4v) is 1.76. The first-order valence-electron chi connectivity index (χ1n) is 6.57. The summed E-state index contributed by atoms with van der Waals surface area (Å²) in [5.41, 5.74) is 17.1. The molecular formula is C12H22N6O2. The number of unbranched alkanes of at least 4 members (excludes halogenated alkanes) is 1. The van der Waals surface area contributed by atoms with Crippen molar-refractivity contribution in [2.24, 2.45) is 17.2 Å². The van der Waals surface area contributed by atoms with Gasteiger partial charge in [0.1, 0.15) is 6.04 Å². The van der Waals surface area contributed by atoms with E-state index in [1.807, 2.05) is 0 Å². The average molecular weight is 282 g/mol. The van der Waals surface area contributed by atoms with Crippen LogP contribution in [-0.2, 0) is 16.0 Å². The molecule has 8 nitrogen and oxygen atoms in total. The Hall–Kier alpha value is -1.93. The number of hydrogen-bond donors (Lipinski definition) is 5. The minimum Gasteiger partial charge on any atom is -0.368 e. The summed E-state index contributed by atoms with van der Waals surface area (Å²) >= 11 is 0. The van der Waals surface area contributed by atoms with Crippen molar-refractivity contribution in [2.75, 3.05) is 6.54 Å². The first kappa shape index (κ1) is 16.1. The van der Waals surface area contributed by atoms with Crippen LogP contribution in [0.1, 0.15) is 25.0 Å². The molecule has 0 unspecified atom stereocenters. The summed E-state index contributed by atoms with van der Waals surface area (Å²) in [6, 6.07) is -1.46. The average Bonchev–Trinajstić information content (AvgIpc) is 2.90. The zero-order valence-electron chi connectivity index (χ0n) is 11.3. The normalized spacial score (nSPS) is 13.7. The molecule has 8 heteroatoms. The topological polar surface area (TPSA) is 153 Å². The molecule has 0 aliphatic rings. The van der Waals surface area contributed by atoms with E-state index in [4.69, 9.17) is 17.2 Å². The number of carbonyl (C=O) groups is 2. The summed E-state index contributed by atoms with van der Waals surface area (Å²) in [5.74, 6) is -0.993. The lowest BCUT2D eigenvalue weighted by molar-refractivity contribution is -0.128. The molecule has 2 atom stereocenters. The van der Waals surface area contributed by atoms with Crippen molar-refractivity contribution in [3.05, 3.63) is 18.2 Å². The maximum atomic E-state index is 11.9. The van der Waals surface area contributed by atoms with Crippen molar-refractivity contribution in [1.29, 1.82) is 0 Å². The van der Waals surface area contributed by atoms with Gasteiger partial charge in [0.05, 0.1) is 12.4 Å². The molecule has 0 aliphatic heterocycles. The third-order valence-corrected chi connectivity index (χ3v) is 2.94. The van der Waals surface area contributed by atoms with Crippen LogP contribution in [0.5, 0.6) is 0 Å². The number of carbonyl (C=O) groups excluding carboxylic acids is 2. The Bertz CT molecular complexity index is 420. The predicted octanol–water partition coefficient (Wildman–Crippen LogP) is -1.62. The second-order valence-corrected chi connectivity index (χ2v) is 4.64. The van der Waals surface area contributed by atoms with Gasteiger partial charge in [-0.1, -0.05) is 6.42 Å². The van der Waals surface area contributed by atoms with Gasteiger partial charge < -0.3 is 27.5 Å². The zero-order chi connectivity index (χ0) is 15.0.